The molecule has 8 heteroatoms. The van der Waals surface area contributed by atoms with E-state index in [1.807, 2.05) is 0 Å². The molecule has 0 aliphatic carbocycles. The quantitative estimate of drug-likeness (QED) is 0.320. The number of carbonyl (C=O) groups is 1. The molecule has 0 atom stereocenters. The number of amides is 1. The largest absolute Gasteiger partial charge is 0.449 e. The maximum atomic E-state index is 12.3. The molecule has 0 unspecified atom stereocenters. The van der Waals surface area contributed by atoms with Gasteiger partial charge in [0, 0.05) is 40.9 Å². The molecule has 6 nitrogen and oxygen atoms in total. The van der Waals surface area contributed by atoms with Gasteiger partial charge in [-0.05, 0) is 54.9 Å². The highest BCUT2D eigenvalue weighted by Crippen LogP contribution is 2.40. The van der Waals surface area contributed by atoms with E-state index in [0.29, 0.717) is 19.6 Å². The van der Waals surface area contributed by atoms with Crippen LogP contribution in [0.4, 0.5) is 4.79 Å². The molecular weight excluding hydrogens is 464 g/mol. The smallest absolute Gasteiger partial charge is 0.409 e. The summed E-state index contributed by atoms with van der Waals surface area (Å²) < 4.78 is 18.0. The standard InChI is InChI=1S/C26H36N2O4SSi/c1-26(2,3)34(4,5)31-18-21-19(23-10-9-17-33-23)11-12-20-22(27-32-24(20)21)13-16-30-25(29)28-14-7-6-8-15-28/h9-12,17H,6-8,13-16,18H2,1-5H3. The molecule has 3 aromatic rings. The van der Waals surface area contributed by atoms with Crippen molar-refractivity contribution >= 4 is 36.7 Å². The fraction of sp³-hybridized carbons (Fsp3) is 0.538. The molecule has 184 valence electrons. The summed E-state index contributed by atoms with van der Waals surface area (Å²) in [5, 5.41) is 7.53. The number of hydrogen-bond acceptors (Lipinski definition) is 6. The minimum absolute atomic E-state index is 0.120. The summed E-state index contributed by atoms with van der Waals surface area (Å²) in [7, 11) is -1.95. The SMILES string of the molecule is CC(C)(C)[Si](C)(C)OCc1c(-c2cccs2)ccc2c(CCOC(=O)N3CCCCC3)noc12. The molecule has 0 N–H and O–H groups in total. The number of fused-ring (bicyclic) bond motifs is 1. The number of hydrogen-bond donors (Lipinski definition) is 0. The highest BCUT2D eigenvalue weighted by Gasteiger charge is 2.37. The van der Waals surface area contributed by atoms with E-state index >= 15 is 0 Å². The minimum Gasteiger partial charge on any atom is -0.449 e. The number of thiophene rings is 1. The summed E-state index contributed by atoms with van der Waals surface area (Å²) >= 11 is 1.71. The van der Waals surface area contributed by atoms with Crippen molar-refractivity contribution in [2.45, 2.75) is 71.2 Å². The van der Waals surface area contributed by atoms with E-state index in [2.05, 4.69) is 68.7 Å². The summed E-state index contributed by atoms with van der Waals surface area (Å²) in [6.07, 6.45) is 3.58. The van der Waals surface area contributed by atoms with Crippen LogP contribution in [-0.2, 0) is 22.2 Å². The number of benzene rings is 1. The van der Waals surface area contributed by atoms with Crippen molar-refractivity contribution in [2.75, 3.05) is 19.7 Å². The number of carbonyl (C=O) groups excluding carboxylic acids is 1. The Labute approximate surface area is 207 Å². The summed E-state index contributed by atoms with van der Waals surface area (Å²) in [6, 6.07) is 8.39. The van der Waals surface area contributed by atoms with Gasteiger partial charge in [-0.25, -0.2) is 4.79 Å². The monoisotopic (exact) mass is 500 g/mol. The van der Waals surface area contributed by atoms with Crippen molar-refractivity contribution < 1.29 is 18.5 Å². The van der Waals surface area contributed by atoms with Crippen molar-refractivity contribution in [3.05, 3.63) is 40.9 Å². The van der Waals surface area contributed by atoms with Gasteiger partial charge in [0.1, 0.15) is 0 Å². The highest BCUT2D eigenvalue weighted by molar-refractivity contribution is 7.13. The molecular formula is C26H36N2O4SSi. The zero-order valence-electron chi connectivity index (χ0n) is 21.0. The lowest BCUT2D eigenvalue weighted by molar-refractivity contribution is 0.0958. The average Bonchev–Trinajstić information content (AvgIpc) is 3.48. The number of aromatic nitrogens is 1. The molecule has 1 fully saturated rings. The van der Waals surface area contributed by atoms with Crippen LogP contribution in [0.2, 0.25) is 18.1 Å². The van der Waals surface area contributed by atoms with E-state index in [1.165, 1.54) is 11.3 Å². The Kier molecular flexibility index (Phi) is 7.50. The molecule has 1 aliphatic rings. The molecule has 0 spiro atoms. The van der Waals surface area contributed by atoms with Gasteiger partial charge in [0.2, 0.25) is 0 Å². The Hall–Kier alpha value is -2.16. The first-order valence-electron chi connectivity index (χ1n) is 12.2. The number of likely N-dealkylation sites (tertiary alicyclic amines) is 1. The predicted molar refractivity (Wildman–Crippen MR) is 140 cm³/mol. The lowest BCUT2D eigenvalue weighted by atomic mass is 10.0. The highest BCUT2D eigenvalue weighted by atomic mass is 32.1. The molecule has 1 aromatic carbocycles. The second kappa shape index (κ2) is 10.2. The van der Waals surface area contributed by atoms with Gasteiger partial charge < -0.3 is 18.6 Å². The lowest BCUT2D eigenvalue weighted by Crippen LogP contribution is -2.40. The molecule has 4 rings (SSSR count). The van der Waals surface area contributed by atoms with Crippen LogP contribution in [0.3, 0.4) is 0 Å². The first kappa shape index (κ1) is 24.9. The van der Waals surface area contributed by atoms with Crippen molar-refractivity contribution in [2.24, 2.45) is 0 Å². The molecule has 1 aliphatic heterocycles. The number of ether oxygens (including phenoxy) is 1. The third-order valence-corrected chi connectivity index (χ3v) is 12.5. The topological polar surface area (TPSA) is 64.8 Å². The summed E-state index contributed by atoms with van der Waals surface area (Å²) in [5.41, 5.74) is 3.74. The van der Waals surface area contributed by atoms with Crippen LogP contribution >= 0.6 is 11.3 Å². The molecule has 2 aromatic heterocycles. The van der Waals surface area contributed by atoms with Crippen molar-refractivity contribution in [1.29, 1.82) is 0 Å². The van der Waals surface area contributed by atoms with Gasteiger partial charge in [-0.15, -0.1) is 11.3 Å². The maximum absolute atomic E-state index is 12.3. The Morgan fingerprint density at radius 3 is 2.62 bits per heavy atom. The second-order valence-corrected chi connectivity index (χ2v) is 16.3. The first-order valence-corrected chi connectivity index (χ1v) is 16.0. The van der Waals surface area contributed by atoms with Gasteiger partial charge in [-0.2, -0.15) is 0 Å². The van der Waals surface area contributed by atoms with Gasteiger partial charge >= 0.3 is 6.09 Å². The molecule has 34 heavy (non-hydrogen) atoms. The zero-order chi connectivity index (χ0) is 24.3. The molecule has 0 saturated carbocycles. The van der Waals surface area contributed by atoms with Crippen molar-refractivity contribution in [3.8, 4) is 10.4 Å². The van der Waals surface area contributed by atoms with Crippen molar-refractivity contribution in [3.63, 3.8) is 0 Å². The van der Waals surface area contributed by atoms with E-state index in [9.17, 15) is 4.79 Å². The normalized spacial score (nSPS) is 15.1. The Bertz CT molecular complexity index is 1110. The fourth-order valence-corrected chi connectivity index (χ4v) is 5.68. The molecule has 1 amide bonds. The summed E-state index contributed by atoms with van der Waals surface area (Å²) in [4.78, 5) is 15.3. The Morgan fingerprint density at radius 1 is 1.18 bits per heavy atom. The third kappa shape index (κ3) is 5.39. The van der Waals surface area contributed by atoms with Crippen LogP contribution in [0.5, 0.6) is 0 Å². The first-order chi connectivity index (χ1) is 16.2. The van der Waals surface area contributed by atoms with Crippen LogP contribution in [0.15, 0.2) is 34.2 Å². The van der Waals surface area contributed by atoms with E-state index in [1.54, 1.807) is 16.2 Å². The molecule has 0 radical (unpaired) electrons. The van der Waals surface area contributed by atoms with E-state index in [-0.39, 0.29) is 11.1 Å². The number of nitrogens with zero attached hydrogens (tertiary/aromatic N) is 2. The minimum atomic E-state index is -1.95. The summed E-state index contributed by atoms with van der Waals surface area (Å²) in [5.74, 6) is 0. The molecule has 0 bridgehead atoms. The van der Waals surface area contributed by atoms with Crippen LogP contribution in [-0.4, -0.2) is 44.2 Å². The average molecular weight is 501 g/mol. The van der Waals surface area contributed by atoms with Crippen LogP contribution in [0.1, 0.15) is 51.3 Å². The third-order valence-electron chi connectivity index (χ3n) is 7.17. The predicted octanol–water partition coefficient (Wildman–Crippen LogP) is 7.24. The van der Waals surface area contributed by atoms with Gasteiger partial charge in [-0.3, -0.25) is 0 Å². The van der Waals surface area contributed by atoms with Crippen LogP contribution in [0, 0.1) is 0 Å². The van der Waals surface area contributed by atoms with E-state index in [0.717, 1.165) is 53.7 Å². The number of piperidine rings is 1. The Balaban J connectivity index is 1.54. The maximum Gasteiger partial charge on any atom is 0.409 e. The molecule has 1 saturated heterocycles. The second-order valence-electron chi connectivity index (χ2n) is 10.5. The van der Waals surface area contributed by atoms with E-state index in [4.69, 9.17) is 13.7 Å². The Morgan fingerprint density at radius 2 is 1.94 bits per heavy atom. The summed E-state index contributed by atoms with van der Waals surface area (Å²) in [6.45, 7) is 13.6. The zero-order valence-corrected chi connectivity index (χ0v) is 22.8. The van der Waals surface area contributed by atoms with Gasteiger partial charge in [0.25, 0.3) is 0 Å². The van der Waals surface area contributed by atoms with Crippen molar-refractivity contribution in [1.82, 2.24) is 10.1 Å². The van der Waals surface area contributed by atoms with Crippen LogP contribution < -0.4 is 0 Å². The van der Waals surface area contributed by atoms with Crippen LogP contribution in [0.25, 0.3) is 21.4 Å². The lowest BCUT2D eigenvalue weighted by Gasteiger charge is -2.36. The van der Waals surface area contributed by atoms with Gasteiger partial charge in [-0.1, -0.05) is 38.1 Å². The molecule has 3 heterocycles. The number of rotatable bonds is 7. The van der Waals surface area contributed by atoms with E-state index < -0.39 is 8.32 Å². The van der Waals surface area contributed by atoms with Gasteiger partial charge in [0.15, 0.2) is 13.9 Å². The van der Waals surface area contributed by atoms with Gasteiger partial charge in [0.05, 0.1) is 18.9 Å². The fourth-order valence-electron chi connectivity index (χ4n) is 3.97.